The standard InChI is InChI=1S/C16H18F2N2/c1-11-6-8-12(9-7-11)20(2)15(10-19)13-4-3-5-14(17)16(13)18/h3-9,15H,10,19H2,1-2H3. The monoisotopic (exact) mass is 276 g/mol. The van der Waals surface area contributed by atoms with Gasteiger partial charge in [-0.05, 0) is 25.1 Å². The highest BCUT2D eigenvalue weighted by Crippen LogP contribution is 2.27. The smallest absolute Gasteiger partial charge is 0.164 e. The highest BCUT2D eigenvalue weighted by atomic mass is 19.2. The van der Waals surface area contributed by atoms with E-state index in [1.54, 1.807) is 6.07 Å². The van der Waals surface area contributed by atoms with Crippen molar-refractivity contribution in [1.29, 1.82) is 0 Å². The number of nitrogens with two attached hydrogens (primary N) is 1. The Hall–Kier alpha value is -1.94. The highest BCUT2D eigenvalue weighted by Gasteiger charge is 2.21. The van der Waals surface area contributed by atoms with Gasteiger partial charge in [-0.2, -0.15) is 0 Å². The second kappa shape index (κ2) is 6.01. The molecule has 0 aliphatic rings. The van der Waals surface area contributed by atoms with Crippen LogP contribution in [0.25, 0.3) is 0 Å². The first-order valence-corrected chi connectivity index (χ1v) is 6.48. The maximum atomic E-state index is 13.9. The van der Waals surface area contributed by atoms with Crippen molar-refractivity contribution < 1.29 is 8.78 Å². The summed E-state index contributed by atoms with van der Waals surface area (Å²) >= 11 is 0. The van der Waals surface area contributed by atoms with Crippen LogP contribution >= 0.6 is 0 Å². The largest absolute Gasteiger partial charge is 0.366 e. The molecule has 0 spiro atoms. The van der Waals surface area contributed by atoms with Gasteiger partial charge in [0.05, 0.1) is 6.04 Å². The van der Waals surface area contributed by atoms with Gasteiger partial charge < -0.3 is 10.6 Å². The minimum Gasteiger partial charge on any atom is -0.366 e. The molecule has 0 saturated carbocycles. The maximum Gasteiger partial charge on any atom is 0.164 e. The molecule has 0 aromatic heterocycles. The highest BCUT2D eigenvalue weighted by molar-refractivity contribution is 5.49. The number of anilines is 1. The summed E-state index contributed by atoms with van der Waals surface area (Å²) in [4.78, 5) is 1.86. The van der Waals surface area contributed by atoms with E-state index in [9.17, 15) is 8.78 Å². The fourth-order valence-electron chi connectivity index (χ4n) is 2.23. The molecular weight excluding hydrogens is 258 g/mol. The van der Waals surface area contributed by atoms with E-state index in [4.69, 9.17) is 5.73 Å². The first-order chi connectivity index (χ1) is 9.54. The lowest BCUT2D eigenvalue weighted by molar-refractivity contribution is 0.486. The Bertz CT molecular complexity index is 582. The van der Waals surface area contributed by atoms with Crippen LogP contribution in [0.1, 0.15) is 17.2 Å². The van der Waals surface area contributed by atoms with Crippen LogP contribution in [-0.2, 0) is 0 Å². The Labute approximate surface area is 117 Å². The van der Waals surface area contributed by atoms with Crippen molar-refractivity contribution in [3.05, 3.63) is 65.2 Å². The van der Waals surface area contributed by atoms with Crippen LogP contribution in [0.15, 0.2) is 42.5 Å². The minimum absolute atomic E-state index is 0.199. The molecule has 0 bridgehead atoms. The minimum atomic E-state index is -0.849. The summed E-state index contributed by atoms with van der Waals surface area (Å²) in [5.74, 6) is -1.68. The predicted molar refractivity (Wildman–Crippen MR) is 77.7 cm³/mol. The number of aryl methyl sites for hydroxylation is 1. The van der Waals surface area contributed by atoms with Gasteiger partial charge in [0, 0.05) is 24.8 Å². The first kappa shape index (κ1) is 14.5. The molecule has 2 N–H and O–H groups in total. The lowest BCUT2D eigenvalue weighted by atomic mass is 10.0. The molecule has 2 rings (SSSR count). The Kier molecular flexibility index (Phi) is 4.35. The molecular formula is C16H18F2N2. The van der Waals surface area contributed by atoms with Gasteiger partial charge in [-0.15, -0.1) is 0 Å². The van der Waals surface area contributed by atoms with Gasteiger partial charge >= 0.3 is 0 Å². The zero-order valence-electron chi connectivity index (χ0n) is 11.6. The Balaban J connectivity index is 2.36. The number of hydrogen-bond acceptors (Lipinski definition) is 2. The van der Waals surface area contributed by atoms with Crippen molar-refractivity contribution in [2.75, 3.05) is 18.5 Å². The van der Waals surface area contributed by atoms with Crippen molar-refractivity contribution in [2.45, 2.75) is 13.0 Å². The summed E-state index contributed by atoms with van der Waals surface area (Å²) in [5, 5.41) is 0. The molecule has 0 saturated heterocycles. The Morgan fingerprint density at radius 1 is 1.10 bits per heavy atom. The van der Waals surface area contributed by atoms with Gasteiger partial charge in [0.25, 0.3) is 0 Å². The van der Waals surface area contributed by atoms with Crippen molar-refractivity contribution in [3.63, 3.8) is 0 Å². The quantitative estimate of drug-likeness (QED) is 0.927. The maximum absolute atomic E-state index is 13.9. The van der Waals surface area contributed by atoms with E-state index < -0.39 is 17.7 Å². The van der Waals surface area contributed by atoms with Gasteiger partial charge in [-0.25, -0.2) is 8.78 Å². The summed E-state index contributed by atoms with van der Waals surface area (Å²) in [6.07, 6.45) is 0. The third-order valence-electron chi connectivity index (χ3n) is 3.47. The number of benzene rings is 2. The number of likely N-dealkylation sites (N-methyl/N-ethyl adjacent to an activating group) is 1. The van der Waals surface area contributed by atoms with E-state index in [2.05, 4.69) is 0 Å². The van der Waals surface area contributed by atoms with Crippen molar-refractivity contribution in [1.82, 2.24) is 0 Å². The van der Waals surface area contributed by atoms with E-state index in [-0.39, 0.29) is 12.1 Å². The van der Waals surface area contributed by atoms with Crippen LogP contribution in [-0.4, -0.2) is 13.6 Å². The molecule has 0 aliphatic carbocycles. The molecule has 106 valence electrons. The fraction of sp³-hybridized carbons (Fsp3) is 0.250. The summed E-state index contributed by atoms with van der Waals surface area (Å²) in [5.41, 5.74) is 8.09. The molecule has 2 aromatic carbocycles. The Morgan fingerprint density at radius 3 is 2.35 bits per heavy atom. The van der Waals surface area contributed by atoms with Crippen LogP contribution in [0.5, 0.6) is 0 Å². The number of rotatable bonds is 4. The van der Waals surface area contributed by atoms with Crippen LogP contribution in [0.4, 0.5) is 14.5 Å². The molecule has 1 unspecified atom stereocenters. The second-order valence-electron chi connectivity index (χ2n) is 4.84. The number of halogens is 2. The average Bonchev–Trinajstić information content (AvgIpc) is 2.45. The topological polar surface area (TPSA) is 29.3 Å². The fourth-order valence-corrected chi connectivity index (χ4v) is 2.23. The zero-order chi connectivity index (χ0) is 14.7. The summed E-state index contributed by atoms with van der Waals surface area (Å²) in [7, 11) is 1.83. The van der Waals surface area contributed by atoms with Crippen molar-refractivity contribution in [2.24, 2.45) is 5.73 Å². The van der Waals surface area contributed by atoms with Crippen LogP contribution < -0.4 is 10.6 Å². The molecule has 2 aromatic rings. The third kappa shape index (κ3) is 2.80. The molecule has 20 heavy (non-hydrogen) atoms. The molecule has 0 heterocycles. The lowest BCUT2D eigenvalue weighted by Gasteiger charge is -2.30. The van der Waals surface area contributed by atoms with Gasteiger partial charge in [-0.1, -0.05) is 29.8 Å². The normalized spacial score (nSPS) is 12.2. The first-order valence-electron chi connectivity index (χ1n) is 6.48. The van der Waals surface area contributed by atoms with Gasteiger partial charge in [0.2, 0.25) is 0 Å². The van der Waals surface area contributed by atoms with E-state index in [1.807, 2.05) is 43.1 Å². The molecule has 2 nitrogen and oxygen atoms in total. The summed E-state index contributed by atoms with van der Waals surface area (Å²) in [6, 6.07) is 11.6. The van der Waals surface area contributed by atoms with E-state index in [0.717, 1.165) is 17.3 Å². The average molecular weight is 276 g/mol. The van der Waals surface area contributed by atoms with Gasteiger partial charge in [0.1, 0.15) is 0 Å². The molecule has 0 radical (unpaired) electrons. The van der Waals surface area contributed by atoms with Crippen molar-refractivity contribution >= 4 is 5.69 Å². The number of nitrogens with zero attached hydrogens (tertiary/aromatic N) is 1. The molecule has 1 atom stereocenters. The van der Waals surface area contributed by atoms with Crippen LogP contribution in [0, 0.1) is 18.6 Å². The van der Waals surface area contributed by atoms with E-state index in [1.165, 1.54) is 6.07 Å². The summed E-state index contributed by atoms with van der Waals surface area (Å²) < 4.78 is 27.3. The second-order valence-corrected chi connectivity index (χ2v) is 4.84. The van der Waals surface area contributed by atoms with Crippen molar-refractivity contribution in [3.8, 4) is 0 Å². The molecule has 4 heteroatoms. The zero-order valence-corrected chi connectivity index (χ0v) is 11.6. The molecule has 0 aliphatic heterocycles. The molecule has 0 amide bonds. The lowest BCUT2D eigenvalue weighted by Crippen LogP contribution is -2.31. The van der Waals surface area contributed by atoms with E-state index >= 15 is 0 Å². The number of hydrogen-bond donors (Lipinski definition) is 1. The predicted octanol–water partition coefficient (Wildman–Crippen LogP) is 3.41. The van der Waals surface area contributed by atoms with Gasteiger partial charge in [-0.3, -0.25) is 0 Å². The third-order valence-corrected chi connectivity index (χ3v) is 3.47. The molecule has 0 fully saturated rings. The van der Waals surface area contributed by atoms with E-state index in [0.29, 0.717) is 0 Å². The van der Waals surface area contributed by atoms with Gasteiger partial charge in [0.15, 0.2) is 11.6 Å². The van der Waals surface area contributed by atoms with Crippen LogP contribution in [0.2, 0.25) is 0 Å². The SMILES string of the molecule is Cc1ccc(N(C)C(CN)c2cccc(F)c2F)cc1. The van der Waals surface area contributed by atoms with Crippen LogP contribution in [0.3, 0.4) is 0 Å². The summed E-state index contributed by atoms with van der Waals surface area (Å²) in [6.45, 7) is 2.20. The Morgan fingerprint density at radius 2 is 1.75 bits per heavy atom.